The molecule has 3 rings (SSSR count). The molecule has 1 aromatic heterocycles. The quantitative estimate of drug-likeness (QED) is 0.688. The average Bonchev–Trinajstić information content (AvgIpc) is 2.90. The van der Waals surface area contributed by atoms with Gasteiger partial charge in [-0.05, 0) is 24.6 Å². The molecule has 0 atom stereocenters. The van der Waals surface area contributed by atoms with Gasteiger partial charge in [0.25, 0.3) is 0 Å². The summed E-state index contributed by atoms with van der Waals surface area (Å²) in [6.07, 6.45) is 0. The Morgan fingerprint density at radius 2 is 1.70 bits per heavy atom. The van der Waals surface area contributed by atoms with Crippen molar-refractivity contribution >= 4 is 11.3 Å². The van der Waals surface area contributed by atoms with Gasteiger partial charge in [0.2, 0.25) is 0 Å². The summed E-state index contributed by atoms with van der Waals surface area (Å²) in [5, 5.41) is 1.07. The third-order valence-electron chi connectivity index (χ3n) is 3.11. The zero-order chi connectivity index (χ0) is 13.9. The Morgan fingerprint density at radius 1 is 0.950 bits per heavy atom. The van der Waals surface area contributed by atoms with Gasteiger partial charge in [-0.15, -0.1) is 11.3 Å². The number of thiazole rings is 1. The first-order valence-corrected chi connectivity index (χ1v) is 7.27. The number of hydrogen-bond acceptors (Lipinski definition) is 3. The largest absolute Gasteiger partial charge is 0.497 e. The van der Waals surface area contributed by atoms with E-state index in [0.717, 1.165) is 22.0 Å². The Balaban J connectivity index is 2.14. The highest BCUT2D eigenvalue weighted by Gasteiger charge is 2.13. The summed E-state index contributed by atoms with van der Waals surface area (Å²) >= 11 is 1.72. The highest BCUT2D eigenvalue weighted by Crippen LogP contribution is 2.37. The Morgan fingerprint density at radius 3 is 2.45 bits per heavy atom. The molecule has 100 valence electrons. The van der Waals surface area contributed by atoms with Crippen LogP contribution in [0.25, 0.3) is 21.7 Å². The van der Waals surface area contributed by atoms with Crippen molar-refractivity contribution in [1.29, 1.82) is 0 Å². The smallest absolute Gasteiger partial charge is 0.119 e. The van der Waals surface area contributed by atoms with Crippen LogP contribution in [0.1, 0.15) is 5.01 Å². The molecule has 0 fully saturated rings. The lowest BCUT2D eigenvalue weighted by Crippen LogP contribution is -1.85. The van der Waals surface area contributed by atoms with E-state index in [4.69, 9.17) is 9.72 Å². The lowest BCUT2D eigenvalue weighted by atomic mass is 10.1. The summed E-state index contributed by atoms with van der Waals surface area (Å²) in [4.78, 5) is 5.90. The molecule has 0 bridgehead atoms. The van der Waals surface area contributed by atoms with Crippen LogP contribution in [0.4, 0.5) is 0 Å². The van der Waals surface area contributed by atoms with Gasteiger partial charge in [0.1, 0.15) is 5.75 Å². The summed E-state index contributed by atoms with van der Waals surface area (Å²) in [6, 6.07) is 18.4. The van der Waals surface area contributed by atoms with E-state index in [1.807, 2.05) is 31.2 Å². The molecule has 0 spiro atoms. The number of rotatable bonds is 3. The minimum Gasteiger partial charge on any atom is -0.497 e. The van der Waals surface area contributed by atoms with Crippen LogP contribution in [0, 0.1) is 6.92 Å². The van der Waals surface area contributed by atoms with E-state index in [9.17, 15) is 0 Å². The summed E-state index contributed by atoms with van der Waals surface area (Å²) in [6.45, 7) is 2.04. The zero-order valence-electron chi connectivity index (χ0n) is 11.5. The van der Waals surface area contributed by atoms with E-state index in [1.165, 1.54) is 10.4 Å². The number of aromatic nitrogens is 1. The predicted molar refractivity (Wildman–Crippen MR) is 84.3 cm³/mol. The lowest BCUT2D eigenvalue weighted by Gasteiger charge is -2.05. The molecule has 20 heavy (non-hydrogen) atoms. The normalized spacial score (nSPS) is 10.5. The van der Waals surface area contributed by atoms with Crippen LogP contribution < -0.4 is 4.74 Å². The van der Waals surface area contributed by atoms with Crippen LogP contribution >= 0.6 is 11.3 Å². The van der Waals surface area contributed by atoms with E-state index in [0.29, 0.717) is 0 Å². The molecule has 0 amide bonds. The van der Waals surface area contributed by atoms with Gasteiger partial charge in [0.05, 0.1) is 22.7 Å². The molecule has 0 aliphatic carbocycles. The summed E-state index contributed by atoms with van der Waals surface area (Å²) in [5.41, 5.74) is 3.32. The van der Waals surface area contributed by atoms with E-state index >= 15 is 0 Å². The Labute approximate surface area is 122 Å². The molecule has 2 nitrogen and oxygen atoms in total. The number of nitrogens with zero attached hydrogens (tertiary/aromatic N) is 1. The topological polar surface area (TPSA) is 22.1 Å². The molecule has 0 N–H and O–H groups in total. The molecule has 3 aromatic rings. The fourth-order valence-corrected chi connectivity index (χ4v) is 3.12. The van der Waals surface area contributed by atoms with Crippen molar-refractivity contribution in [1.82, 2.24) is 4.98 Å². The molecule has 0 unspecified atom stereocenters. The third kappa shape index (κ3) is 2.45. The maximum absolute atomic E-state index is 5.30. The van der Waals surface area contributed by atoms with Crippen LogP contribution in [-0.2, 0) is 0 Å². The molecular formula is C17H15NOS. The zero-order valence-corrected chi connectivity index (χ0v) is 12.3. The first-order valence-electron chi connectivity index (χ1n) is 6.45. The summed E-state index contributed by atoms with van der Waals surface area (Å²) in [5.74, 6) is 0.854. The molecule has 0 radical (unpaired) electrons. The molecular weight excluding hydrogens is 266 g/mol. The van der Waals surface area contributed by atoms with Crippen LogP contribution in [0.3, 0.4) is 0 Å². The van der Waals surface area contributed by atoms with Gasteiger partial charge in [-0.1, -0.05) is 42.5 Å². The molecule has 1 heterocycles. The molecule has 0 aliphatic rings. The van der Waals surface area contributed by atoms with Gasteiger partial charge < -0.3 is 4.74 Å². The standard InChI is InChI=1S/C17H15NOS/c1-12-18-16(14-9-6-10-15(11-14)19-2)17(20-12)13-7-4-3-5-8-13/h3-11H,1-2H3. The number of methoxy groups -OCH3 is 1. The SMILES string of the molecule is COc1cccc(-c2nc(C)sc2-c2ccccc2)c1. The second-order valence-electron chi connectivity index (χ2n) is 4.51. The first kappa shape index (κ1) is 12.9. The Bertz CT molecular complexity index is 719. The van der Waals surface area contributed by atoms with Gasteiger partial charge in [0, 0.05) is 5.56 Å². The highest BCUT2D eigenvalue weighted by molar-refractivity contribution is 7.15. The predicted octanol–water partition coefficient (Wildman–Crippen LogP) is 4.79. The fraction of sp³-hybridized carbons (Fsp3) is 0.118. The molecule has 3 heteroatoms. The van der Waals surface area contributed by atoms with Crippen LogP contribution in [0.2, 0.25) is 0 Å². The van der Waals surface area contributed by atoms with Crippen molar-refractivity contribution in [2.24, 2.45) is 0 Å². The third-order valence-corrected chi connectivity index (χ3v) is 4.13. The van der Waals surface area contributed by atoms with E-state index in [2.05, 4.69) is 30.3 Å². The van der Waals surface area contributed by atoms with Crippen molar-refractivity contribution in [2.45, 2.75) is 6.92 Å². The van der Waals surface area contributed by atoms with Gasteiger partial charge >= 0.3 is 0 Å². The van der Waals surface area contributed by atoms with Crippen LogP contribution in [0.5, 0.6) is 5.75 Å². The molecule has 0 aliphatic heterocycles. The number of ether oxygens (including phenoxy) is 1. The Kier molecular flexibility index (Phi) is 3.52. The van der Waals surface area contributed by atoms with Gasteiger partial charge in [0.15, 0.2) is 0 Å². The monoisotopic (exact) mass is 281 g/mol. The Hall–Kier alpha value is -2.13. The van der Waals surface area contributed by atoms with Crippen molar-refractivity contribution in [3.05, 3.63) is 59.6 Å². The van der Waals surface area contributed by atoms with Crippen molar-refractivity contribution in [3.8, 4) is 27.4 Å². The maximum atomic E-state index is 5.30. The number of hydrogen-bond donors (Lipinski definition) is 0. The average molecular weight is 281 g/mol. The fourth-order valence-electron chi connectivity index (χ4n) is 2.18. The van der Waals surface area contributed by atoms with E-state index < -0.39 is 0 Å². The number of aryl methyl sites for hydroxylation is 1. The van der Waals surface area contributed by atoms with Crippen LogP contribution in [0.15, 0.2) is 54.6 Å². The maximum Gasteiger partial charge on any atom is 0.119 e. The van der Waals surface area contributed by atoms with E-state index in [1.54, 1.807) is 18.4 Å². The summed E-state index contributed by atoms with van der Waals surface area (Å²) < 4.78 is 5.30. The molecule has 0 saturated heterocycles. The van der Waals surface area contributed by atoms with E-state index in [-0.39, 0.29) is 0 Å². The lowest BCUT2D eigenvalue weighted by molar-refractivity contribution is 0.415. The second-order valence-corrected chi connectivity index (χ2v) is 5.71. The van der Waals surface area contributed by atoms with Gasteiger partial charge in [-0.25, -0.2) is 4.98 Å². The minimum absolute atomic E-state index is 0.854. The summed E-state index contributed by atoms with van der Waals surface area (Å²) in [7, 11) is 1.68. The van der Waals surface area contributed by atoms with Gasteiger partial charge in [-0.2, -0.15) is 0 Å². The van der Waals surface area contributed by atoms with Crippen molar-refractivity contribution in [2.75, 3.05) is 7.11 Å². The number of benzene rings is 2. The molecule has 2 aromatic carbocycles. The second kappa shape index (κ2) is 5.47. The highest BCUT2D eigenvalue weighted by atomic mass is 32.1. The van der Waals surface area contributed by atoms with Gasteiger partial charge in [-0.3, -0.25) is 0 Å². The van der Waals surface area contributed by atoms with Crippen LogP contribution in [-0.4, -0.2) is 12.1 Å². The van der Waals surface area contributed by atoms with Crippen molar-refractivity contribution < 1.29 is 4.74 Å². The minimum atomic E-state index is 0.854. The molecule has 0 saturated carbocycles. The van der Waals surface area contributed by atoms with Crippen molar-refractivity contribution in [3.63, 3.8) is 0 Å². The first-order chi connectivity index (χ1) is 9.78.